The molecule has 2 aromatic rings. The maximum atomic E-state index is 14.1. The number of rotatable bonds is 7. The number of allylic oxidation sites excluding steroid dienone is 4. The third-order valence-corrected chi connectivity index (χ3v) is 6.51. The molecule has 0 radical (unpaired) electrons. The molecule has 34 heavy (non-hydrogen) atoms. The Morgan fingerprint density at radius 3 is 2.59 bits per heavy atom. The van der Waals surface area contributed by atoms with Crippen LogP contribution in [0.15, 0.2) is 72.6 Å². The van der Waals surface area contributed by atoms with Gasteiger partial charge in [0.2, 0.25) is 5.91 Å². The first-order chi connectivity index (χ1) is 16.4. The van der Waals surface area contributed by atoms with E-state index in [1.165, 1.54) is 6.42 Å². The van der Waals surface area contributed by atoms with Gasteiger partial charge in [0.15, 0.2) is 0 Å². The molecule has 1 saturated carbocycles. The molecule has 1 aliphatic heterocycles. The van der Waals surface area contributed by atoms with Crippen LogP contribution in [0.1, 0.15) is 63.3 Å². The van der Waals surface area contributed by atoms with Crippen molar-refractivity contribution in [3.63, 3.8) is 0 Å². The van der Waals surface area contributed by atoms with E-state index in [1.807, 2.05) is 74.2 Å². The van der Waals surface area contributed by atoms with E-state index in [-0.39, 0.29) is 24.4 Å². The Morgan fingerprint density at radius 2 is 1.94 bits per heavy atom. The van der Waals surface area contributed by atoms with Crippen molar-refractivity contribution in [2.45, 2.75) is 71.5 Å². The minimum absolute atomic E-state index is 0.0322. The normalized spacial score (nSPS) is 19.0. The van der Waals surface area contributed by atoms with Gasteiger partial charge < -0.3 is 4.90 Å². The summed E-state index contributed by atoms with van der Waals surface area (Å²) < 4.78 is 1.63. The summed E-state index contributed by atoms with van der Waals surface area (Å²) in [6.07, 6.45) is 12.9. The number of hydrogen-bond donors (Lipinski definition) is 0. The van der Waals surface area contributed by atoms with Gasteiger partial charge >= 0.3 is 0 Å². The van der Waals surface area contributed by atoms with Gasteiger partial charge in [-0.2, -0.15) is 5.10 Å². The number of carbonyl (C=O) groups excluding carboxylic acids is 2. The molecule has 1 aliphatic carbocycles. The summed E-state index contributed by atoms with van der Waals surface area (Å²) in [5.74, 6) is -0.220. The molecule has 1 aromatic heterocycles. The smallest absolute Gasteiger partial charge is 0.255 e. The van der Waals surface area contributed by atoms with Gasteiger partial charge in [-0.05, 0) is 57.9 Å². The Labute approximate surface area is 202 Å². The number of para-hydroxylation sites is 1. The third-order valence-electron chi connectivity index (χ3n) is 6.51. The number of benzene rings is 1. The van der Waals surface area contributed by atoms with Crippen molar-refractivity contribution in [2.24, 2.45) is 0 Å². The highest BCUT2D eigenvalue weighted by molar-refractivity contribution is 6.07. The number of aryl methyl sites for hydroxylation is 1. The first-order valence-electron chi connectivity index (χ1n) is 12.1. The predicted octanol–water partition coefficient (Wildman–Crippen LogP) is 5.48. The van der Waals surface area contributed by atoms with Gasteiger partial charge in [0.05, 0.1) is 5.69 Å². The summed E-state index contributed by atoms with van der Waals surface area (Å²) in [7, 11) is 0. The largest absolute Gasteiger partial charge is 0.307 e. The average molecular weight is 459 g/mol. The van der Waals surface area contributed by atoms with Gasteiger partial charge in [-0.1, -0.05) is 55.7 Å². The van der Waals surface area contributed by atoms with Crippen LogP contribution in [-0.2, 0) is 16.1 Å². The van der Waals surface area contributed by atoms with Crippen molar-refractivity contribution in [3.8, 4) is 0 Å². The number of anilines is 1. The van der Waals surface area contributed by atoms with Crippen LogP contribution >= 0.6 is 0 Å². The molecule has 1 fully saturated rings. The Balaban J connectivity index is 1.80. The lowest BCUT2D eigenvalue weighted by atomic mass is 9.94. The summed E-state index contributed by atoms with van der Waals surface area (Å²) in [5.41, 5.74) is 4.11. The zero-order valence-electron chi connectivity index (χ0n) is 20.4. The highest BCUT2D eigenvalue weighted by atomic mass is 16.2. The van der Waals surface area contributed by atoms with Crippen molar-refractivity contribution in [1.29, 1.82) is 0 Å². The predicted molar refractivity (Wildman–Crippen MR) is 135 cm³/mol. The topological polar surface area (TPSA) is 58.4 Å². The molecule has 2 aliphatic rings. The summed E-state index contributed by atoms with van der Waals surface area (Å²) in [6, 6.07) is 9.24. The van der Waals surface area contributed by atoms with Crippen LogP contribution in [0.25, 0.3) is 0 Å². The van der Waals surface area contributed by atoms with Crippen molar-refractivity contribution < 1.29 is 9.59 Å². The molecule has 1 aromatic carbocycles. The van der Waals surface area contributed by atoms with Crippen LogP contribution in [0.5, 0.6) is 0 Å². The van der Waals surface area contributed by atoms with Gasteiger partial charge in [-0.25, -0.2) is 0 Å². The third kappa shape index (κ3) is 4.76. The van der Waals surface area contributed by atoms with Crippen LogP contribution in [0.2, 0.25) is 0 Å². The van der Waals surface area contributed by atoms with E-state index < -0.39 is 6.04 Å². The minimum atomic E-state index is -0.718. The molecule has 0 saturated heterocycles. The van der Waals surface area contributed by atoms with Crippen molar-refractivity contribution in [2.75, 3.05) is 4.90 Å². The molecule has 178 valence electrons. The monoisotopic (exact) mass is 458 g/mol. The molecule has 2 heterocycles. The summed E-state index contributed by atoms with van der Waals surface area (Å²) in [6.45, 7) is 9.76. The lowest BCUT2D eigenvalue weighted by Gasteiger charge is -2.33. The van der Waals surface area contributed by atoms with Crippen LogP contribution in [0.4, 0.5) is 5.69 Å². The fraction of sp³-hybridized carbons (Fsp3) is 0.393. The highest BCUT2D eigenvalue weighted by Crippen LogP contribution is 2.44. The molecule has 0 bridgehead atoms. The molecule has 0 spiro atoms. The van der Waals surface area contributed by atoms with E-state index >= 15 is 0 Å². The molecule has 1 atom stereocenters. The van der Waals surface area contributed by atoms with Crippen molar-refractivity contribution >= 4 is 17.5 Å². The summed E-state index contributed by atoms with van der Waals surface area (Å²) in [5, 5.41) is 4.40. The Hall–Kier alpha value is -3.41. The second-order valence-corrected chi connectivity index (χ2v) is 9.30. The van der Waals surface area contributed by atoms with Gasteiger partial charge in [-0.3, -0.25) is 19.2 Å². The van der Waals surface area contributed by atoms with Gasteiger partial charge in [0.1, 0.15) is 12.6 Å². The summed E-state index contributed by atoms with van der Waals surface area (Å²) >= 11 is 0. The number of amides is 2. The lowest BCUT2D eigenvalue weighted by Crippen LogP contribution is -2.45. The number of nitrogens with zero attached hydrogens (tertiary/aromatic N) is 4. The maximum absolute atomic E-state index is 14.1. The van der Waals surface area contributed by atoms with Crippen LogP contribution in [-0.4, -0.2) is 32.5 Å². The lowest BCUT2D eigenvalue weighted by molar-refractivity contribution is -0.137. The fourth-order valence-corrected chi connectivity index (χ4v) is 5.11. The van der Waals surface area contributed by atoms with E-state index in [0.29, 0.717) is 5.70 Å². The van der Waals surface area contributed by atoms with Gasteiger partial charge in [-0.15, -0.1) is 0 Å². The molecule has 0 N–H and O–H groups in total. The molecule has 2 amide bonds. The molecule has 6 nitrogen and oxygen atoms in total. The Kier molecular flexibility index (Phi) is 7.15. The molecule has 6 heteroatoms. The molecule has 4 rings (SSSR count). The fourth-order valence-electron chi connectivity index (χ4n) is 5.11. The number of aromatic nitrogens is 2. The standard InChI is InChI=1S/C28H34N4O2/c1-5-11-23(18-20(2)3)32(26(33)19-30-17-16-21(4)29-30)27-24-14-9-10-15-25(24)31(28(27)34)22-12-7-6-8-13-22/h5,9-11,14-18,22,27H,2,6-8,12-13,19H2,1,3-4H3/b11-5-,23-18+. The van der Waals surface area contributed by atoms with E-state index in [4.69, 9.17) is 0 Å². The quantitative estimate of drug-likeness (QED) is 0.517. The number of fused-ring (bicyclic) bond motifs is 1. The van der Waals surface area contributed by atoms with Crippen molar-refractivity contribution in [1.82, 2.24) is 14.7 Å². The number of carbonyl (C=O) groups is 2. The first-order valence-corrected chi connectivity index (χ1v) is 12.1. The summed E-state index contributed by atoms with van der Waals surface area (Å²) in [4.78, 5) is 31.5. The highest BCUT2D eigenvalue weighted by Gasteiger charge is 2.46. The zero-order chi connectivity index (χ0) is 24.2. The maximum Gasteiger partial charge on any atom is 0.255 e. The molecular formula is C28H34N4O2. The number of hydrogen-bond acceptors (Lipinski definition) is 3. The zero-order valence-corrected chi connectivity index (χ0v) is 20.4. The van der Waals surface area contributed by atoms with Gasteiger partial charge in [0.25, 0.3) is 5.91 Å². The Morgan fingerprint density at radius 1 is 1.21 bits per heavy atom. The second kappa shape index (κ2) is 10.2. The van der Waals surface area contributed by atoms with E-state index in [1.54, 1.807) is 15.8 Å². The molecular weight excluding hydrogens is 424 g/mol. The van der Waals surface area contributed by atoms with E-state index in [9.17, 15) is 9.59 Å². The van der Waals surface area contributed by atoms with Crippen LogP contribution < -0.4 is 4.90 Å². The SMILES string of the molecule is C=C(C)/C=C(\C=C/C)N(C(=O)Cn1ccc(C)n1)C1C(=O)N(C2CCCCC2)c2ccccc21. The van der Waals surface area contributed by atoms with E-state index in [2.05, 4.69) is 11.7 Å². The van der Waals surface area contributed by atoms with Crippen LogP contribution in [0.3, 0.4) is 0 Å². The van der Waals surface area contributed by atoms with Crippen LogP contribution in [0, 0.1) is 6.92 Å². The van der Waals surface area contributed by atoms with E-state index in [0.717, 1.165) is 48.2 Å². The second-order valence-electron chi connectivity index (χ2n) is 9.30. The molecule has 1 unspecified atom stereocenters. The first kappa shape index (κ1) is 23.7. The van der Waals surface area contributed by atoms with Gasteiger partial charge in [0, 0.05) is 29.2 Å². The van der Waals surface area contributed by atoms with Crippen molar-refractivity contribution in [3.05, 3.63) is 83.9 Å². The minimum Gasteiger partial charge on any atom is -0.307 e. The Bertz CT molecular complexity index is 1140. The average Bonchev–Trinajstić information content (AvgIpc) is 3.34.